The van der Waals surface area contributed by atoms with Crippen molar-refractivity contribution in [1.29, 1.82) is 0 Å². The Morgan fingerprint density at radius 3 is 2.45 bits per heavy atom. The minimum atomic E-state index is -0.316. The lowest BCUT2D eigenvalue weighted by Crippen LogP contribution is -2.07. The summed E-state index contributed by atoms with van der Waals surface area (Å²) in [6.07, 6.45) is 0.640. The SMILES string of the molecule is COc1ccc(CC(=O)Cc2ccc(F)cc2Br)cc1. The Hall–Kier alpha value is -1.68. The standard InChI is InChI=1S/C16H14BrFO2/c1-20-15-6-2-11(3-7-15)8-14(19)9-12-4-5-13(18)10-16(12)17/h2-7,10H,8-9H2,1H3. The maximum absolute atomic E-state index is 13.0. The van der Waals surface area contributed by atoms with E-state index in [1.807, 2.05) is 24.3 Å². The molecule has 0 saturated heterocycles. The Balaban J connectivity index is 2.01. The first-order valence-corrected chi connectivity index (χ1v) is 6.96. The van der Waals surface area contributed by atoms with E-state index < -0.39 is 0 Å². The summed E-state index contributed by atoms with van der Waals surface area (Å²) in [6.45, 7) is 0. The molecule has 20 heavy (non-hydrogen) atoms. The van der Waals surface area contributed by atoms with Crippen LogP contribution in [0.15, 0.2) is 46.9 Å². The summed E-state index contributed by atoms with van der Waals surface area (Å²) in [5.41, 5.74) is 1.74. The molecule has 0 heterocycles. The maximum Gasteiger partial charge on any atom is 0.141 e. The largest absolute Gasteiger partial charge is 0.497 e. The number of ether oxygens (including phenoxy) is 1. The molecule has 0 spiro atoms. The van der Waals surface area contributed by atoms with Crippen LogP contribution in [0.5, 0.6) is 5.75 Å². The summed E-state index contributed by atoms with van der Waals surface area (Å²) in [7, 11) is 1.60. The third-order valence-corrected chi connectivity index (χ3v) is 3.70. The average Bonchev–Trinajstić information content (AvgIpc) is 2.43. The van der Waals surface area contributed by atoms with Crippen molar-refractivity contribution < 1.29 is 13.9 Å². The maximum atomic E-state index is 13.0. The molecule has 0 bridgehead atoms. The van der Waals surface area contributed by atoms with Gasteiger partial charge in [0.15, 0.2) is 0 Å². The Morgan fingerprint density at radius 2 is 1.85 bits per heavy atom. The molecule has 0 amide bonds. The second-order valence-electron chi connectivity index (χ2n) is 4.48. The van der Waals surface area contributed by atoms with Gasteiger partial charge in [0.05, 0.1) is 7.11 Å². The predicted molar refractivity (Wildman–Crippen MR) is 79.5 cm³/mol. The normalized spacial score (nSPS) is 10.3. The van der Waals surface area contributed by atoms with Gasteiger partial charge in [-0.25, -0.2) is 4.39 Å². The van der Waals surface area contributed by atoms with E-state index in [2.05, 4.69) is 15.9 Å². The highest BCUT2D eigenvalue weighted by molar-refractivity contribution is 9.10. The van der Waals surface area contributed by atoms with Gasteiger partial charge < -0.3 is 4.74 Å². The lowest BCUT2D eigenvalue weighted by Gasteiger charge is -2.05. The van der Waals surface area contributed by atoms with Crippen molar-refractivity contribution in [2.75, 3.05) is 7.11 Å². The van der Waals surface area contributed by atoms with Crippen LogP contribution >= 0.6 is 15.9 Å². The van der Waals surface area contributed by atoms with Crippen molar-refractivity contribution in [2.45, 2.75) is 12.8 Å². The van der Waals surface area contributed by atoms with Gasteiger partial charge in [-0.05, 0) is 35.4 Å². The van der Waals surface area contributed by atoms with Gasteiger partial charge in [0, 0.05) is 17.3 Å². The molecule has 0 unspecified atom stereocenters. The Labute approximate surface area is 125 Å². The molecule has 2 rings (SSSR count). The molecule has 2 aromatic carbocycles. The first kappa shape index (κ1) is 14.7. The van der Waals surface area contributed by atoms with Gasteiger partial charge in [0.2, 0.25) is 0 Å². The number of methoxy groups -OCH3 is 1. The van der Waals surface area contributed by atoms with E-state index in [0.717, 1.165) is 16.9 Å². The summed E-state index contributed by atoms with van der Waals surface area (Å²) >= 11 is 3.27. The van der Waals surface area contributed by atoms with Crippen LogP contribution in [0.2, 0.25) is 0 Å². The number of rotatable bonds is 5. The van der Waals surface area contributed by atoms with E-state index in [1.54, 1.807) is 13.2 Å². The fourth-order valence-corrected chi connectivity index (χ4v) is 2.40. The zero-order valence-corrected chi connectivity index (χ0v) is 12.6. The summed E-state index contributed by atoms with van der Waals surface area (Å²) in [6, 6.07) is 11.8. The second kappa shape index (κ2) is 6.66. The summed E-state index contributed by atoms with van der Waals surface area (Å²) in [4.78, 5) is 12.0. The van der Waals surface area contributed by atoms with Crippen molar-refractivity contribution in [2.24, 2.45) is 0 Å². The minimum absolute atomic E-state index is 0.0856. The van der Waals surface area contributed by atoms with E-state index >= 15 is 0 Å². The number of benzene rings is 2. The third-order valence-electron chi connectivity index (χ3n) is 2.96. The van der Waals surface area contributed by atoms with Crippen LogP contribution in [0.25, 0.3) is 0 Å². The molecule has 0 aliphatic carbocycles. The van der Waals surface area contributed by atoms with Crippen molar-refractivity contribution in [3.05, 3.63) is 63.9 Å². The van der Waals surface area contributed by atoms with E-state index in [-0.39, 0.29) is 18.0 Å². The van der Waals surface area contributed by atoms with Crippen LogP contribution in [0, 0.1) is 5.82 Å². The van der Waals surface area contributed by atoms with Gasteiger partial charge in [-0.1, -0.05) is 34.1 Å². The quantitative estimate of drug-likeness (QED) is 0.826. The molecule has 0 aliphatic rings. The smallest absolute Gasteiger partial charge is 0.141 e. The molecule has 104 valence electrons. The lowest BCUT2D eigenvalue weighted by molar-refractivity contribution is -0.117. The number of carbonyl (C=O) groups excluding carboxylic acids is 1. The van der Waals surface area contributed by atoms with Gasteiger partial charge in [0.1, 0.15) is 17.3 Å². The van der Waals surface area contributed by atoms with E-state index in [0.29, 0.717) is 10.9 Å². The van der Waals surface area contributed by atoms with Crippen LogP contribution < -0.4 is 4.74 Å². The fourth-order valence-electron chi connectivity index (χ4n) is 1.91. The Morgan fingerprint density at radius 1 is 1.15 bits per heavy atom. The van der Waals surface area contributed by atoms with Crippen molar-refractivity contribution in [3.63, 3.8) is 0 Å². The minimum Gasteiger partial charge on any atom is -0.497 e. The van der Waals surface area contributed by atoms with Crippen LogP contribution in [-0.2, 0) is 17.6 Å². The summed E-state index contributed by atoms with van der Waals surface area (Å²) in [5.74, 6) is 0.535. The van der Waals surface area contributed by atoms with E-state index in [4.69, 9.17) is 4.74 Å². The van der Waals surface area contributed by atoms with Crippen LogP contribution in [0.3, 0.4) is 0 Å². The zero-order chi connectivity index (χ0) is 14.5. The summed E-state index contributed by atoms with van der Waals surface area (Å²) < 4.78 is 18.7. The first-order valence-electron chi connectivity index (χ1n) is 6.17. The number of hydrogen-bond donors (Lipinski definition) is 0. The lowest BCUT2D eigenvalue weighted by atomic mass is 10.0. The number of Topliss-reactive ketones (excluding diaryl/α,β-unsaturated/α-hetero) is 1. The Bertz CT molecular complexity index is 608. The number of halogens is 2. The average molecular weight is 337 g/mol. The first-order chi connectivity index (χ1) is 9.58. The molecule has 0 radical (unpaired) electrons. The molecule has 0 atom stereocenters. The molecular formula is C16H14BrFO2. The van der Waals surface area contributed by atoms with Crippen LogP contribution in [0.1, 0.15) is 11.1 Å². The van der Waals surface area contributed by atoms with E-state index in [1.165, 1.54) is 12.1 Å². The highest BCUT2D eigenvalue weighted by atomic mass is 79.9. The number of hydrogen-bond acceptors (Lipinski definition) is 2. The zero-order valence-electron chi connectivity index (χ0n) is 11.0. The molecular weight excluding hydrogens is 323 g/mol. The predicted octanol–water partition coefficient (Wildman–Crippen LogP) is 3.95. The van der Waals surface area contributed by atoms with Gasteiger partial charge in [0.25, 0.3) is 0 Å². The van der Waals surface area contributed by atoms with Crippen molar-refractivity contribution >= 4 is 21.7 Å². The number of carbonyl (C=O) groups is 1. The molecule has 0 aromatic heterocycles. The van der Waals surface area contributed by atoms with Gasteiger partial charge in [-0.3, -0.25) is 4.79 Å². The summed E-state index contributed by atoms with van der Waals surface area (Å²) in [5, 5.41) is 0. The number of ketones is 1. The Kier molecular flexibility index (Phi) is 4.90. The highest BCUT2D eigenvalue weighted by Gasteiger charge is 2.09. The van der Waals surface area contributed by atoms with Gasteiger partial charge >= 0.3 is 0 Å². The van der Waals surface area contributed by atoms with Crippen molar-refractivity contribution in [1.82, 2.24) is 0 Å². The van der Waals surface area contributed by atoms with Gasteiger partial charge in [-0.15, -0.1) is 0 Å². The van der Waals surface area contributed by atoms with Gasteiger partial charge in [-0.2, -0.15) is 0 Å². The second-order valence-corrected chi connectivity index (χ2v) is 5.33. The van der Waals surface area contributed by atoms with Crippen LogP contribution in [-0.4, -0.2) is 12.9 Å². The molecule has 0 saturated carbocycles. The monoisotopic (exact) mass is 336 g/mol. The highest BCUT2D eigenvalue weighted by Crippen LogP contribution is 2.19. The molecule has 2 nitrogen and oxygen atoms in total. The topological polar surface area (TPSA) is 26.3 Å². The molecule has 0 N–H and O–H groups in total. The fraction of sp³-hybridized carbons (Fsp3) is 0.188. The van der Waals surface area contributed by atoms with Crippen LogP contribution in [0.4, 0.5) is 4.39 Å². The molecule has 0 aliphatic heterocycles. The molecule has 4 heteroatoms. The van der Waals surface area contributed by atoms with E-state index in [9.17, 15) is 9.18 Å². The molecule has 2 aromatic rings. The molecule has 0 fully saturated rings. The third kappa shape index (κ3) is 3.90. The van der Waals surface area contributed by atoms with Crippen molar-refractivity contribution in [3.8, 4) is 5.75 Å².